The second kappa shape index (κ2) is 6.26. The van der Waals surface area contributed by atoms with Crippen LogP contribution in [0.15, 0.2) is 12.7 Å². The zero-order chi connectivity index (χ0) is 11.1. The number of aliphatic hydroxyl groups is 1. The molecule has 3 nitrogen and oxygen atoms in total. The van der Waals surface area contributed by atoms with E-state index in [9.17, 15) is 5.11 Å². The molecule has 3 heteroatoms. The molecule has 0 aliphatic carbocycles. The highest BCUT2D eigenvalue weighted by Gasteiger charge is 2.39. The molecule has 1 fully saturated rings. The number of rotatable bonds is 6. The number of ether oxygens (including phenoxy) is 2. The van der Waals surface area contributed by atoms with E-state index < -0.39 is 6.10 Å². The van der Waals surface area contributed by atoms with Crippen molar-refractivity contribution < 1.29 is 14.6 Å². The number of hydrogen-bond acceptors (Lipinski definition) is 3. The van der Waals surface area contributed by atoms with Crippen LogP contribution in [-0.2, 0) is 9.47 Å². The summed E-state index contributed by atoms with van der Waals surface area (Å²) in [5, 5.41) is 10.2. The zero-order valence-corrected chi connectivity index (χ0v) is 9.58. The molecule has 0 spiro atoms. The summed E-state index contributed by atoms with van der Waals surface area (Å²) in [5.41, 5.74) is -0.379. The molecule has 1 aliphatic rings. The Hall–Kier alpha value is -0.380. The highest BCUT2D eigenvalue weighted by Crippen LogP contribution is 2.31. The highest BCUT2D eigenvalue weighted by atomic mass is 16.5. The molecule has 15 heavy (non-hydrogen) atoms. The van der Waals surface area contributed by atoms with Crippen molar-refractivity contribution in [1.82, 2.24) is 0 Å². The standard InChI is InChI=1S/C12H22O3/c1-3-5-6-11(13)12(15-4-2)7-9-14-10-8-12/h3,11,13H,1,4-10H2,2H3. The van der Waals surface area contributed by atoms with Crippen LogP contribution in [0.3, 0.4) is 0 Å². The molecule has 1 N–H and O–H groups in total. The van der Waals surface area contributed by atoms with Gasteiger partial charge in [-0.15, -0.1) is 6.58 Å². The quantitative estimate of drug-likeness (QED) is 0.686. The van der Waals surface area contributed by atoms with Gasteiger partial charge in [0.15, 0.2) is 0 Å². The fraction of sp³-hybridized carbons (Fsp3) is 0.833. The van der Waals surface area contributed by atoms with Crippen molar-refractivity contribution in [1.29, 1.82) is 0 Å². The molecule has 0 amide bonds. The normalized spacial score (nSPS) is 22.3. The van der Waals surface area contributed by atoms with Crippen LogP contribution in [0.2, 0.25) is 0 Å². The lowest BCUT2D eigenvalue weighted by molar-refractivity contribution is -0.166. The van der Waals surface area contributed by atoms with Gasteiger partial charge in [-0.3, -0.25) is 0 Å². The first-order valence-corrected chi connectivity index (χ1v) is 5.76. The van der Waals surface area contributed by atoms with Gasteiger partial charge in [0.1, 0.15) is 0 Å². The summed E-state index contributed by atoms with van der Waals surface area (Å²) in [7, 11) is 0. The van der Waals surface area contributed by atoms with Crippen molar-refractivity contribution in [2.45, 2.75) is 44.3 Å². The molecule has 1 heterocycles. The SMILES string of the molecule is C=CCCC(O)C1(OCC)CCOCC1. The van der Waals surface area contributed by atoms with Crippen molar-refractivity contribution >= 4 is 0 Å². The Morgan fingerprint density at radius 2 is 2.20 bits per heavy atom. The molecular weight excluding hydrogens is 192 g/mol. The topological polar surface area (TPSA) is 38.7 Å². The Balaban J connectivity index is 2.56. The van der Waals surface area contributed by atoms with E-state index in [1.165, 1.54) is 0 Å². The third-order valence-electron chi connectivity index (χ3n) is 3.02. The third-order valence-corrected chi connectivity index (χ3v) is 3.02. The molecule has 0 aromatic carbocycles. The second-order valence-corrected chi connectivity index (χ2v) is 3.99. The van der Waals surface area contributed by atoms with Crippen molar-refractivity contribution in [3.8, 4) is 0 Å². The molecule has 1 saturated heterocycles. The van der Waals surface area contributed by atoms with Crippen molar-refractivity contribution in [3.63, 3.8) is 0 Å². The van der Waals surface area contributed by atoms with E-state index in [4.69, 9.17) is 9.47 Å². The van der Waals surface area contributed by atoms with Crippen LogP contribution < -0.4 is 0 Å². The number of aliphatic hydroxyl groups excluding tert-OH is 1. The molecule has 1 atom stereocenters. The molecule has 1 aliphatic heterocycles. The van der Waals surface area contributed by atoms with Crippen molar-refractivity contribution in [2.24, 2.45) is 0 Å². The van der Waals surface area contributed by atoms with Gasteiger partial charge in [-0.05, 0) is 19.8 Å². The first-order valence-electron chi connectivity index (χ1n) is 5.76. The Labute approximate surface area is 92.1 Å². The van der Waals surface area contributed by atoms with Crippen LogP contribution in [0.25, 0.3) is 0 Å². The maximum absolute atomic E-state index is 10.2. The maximum Gasteiger partial charge on any atom is 0.0983 e. The predicted molar refractivity (Wildman–Crippen MR) is 59.8 cm³/mol. The third kappa shape index (κ3) is 3.30. The molecule has 0 aromatic heterocycles. The van der Waals surface area contributed by atoms with E-state index >= 15 is 0 Å². The summed E-state index contributed by atoms with van der Waals surface area (Å²) in [6.07, 6.45) is 4.57. The van der Waals surface area contributed by atoms with Gasteiger partial charge in [-0.2, -0.15) is 0 Å². The van der Waals surface area contributed by atoms with Gasteiger partial charge in [0, 0.05) is 32.7 Å². The van der Waals surface area contributed by atoms with E-state index in [0.717, 1.165) is 25.7 Å². The molecule has 0 radical (unpaired) electrons. The van der Waals surface area contributed by atoms with Crippen LogP contribution in [0.4, 0.5) is 0 Å². The van der Waals surface area contributed by atoms with E-state index in [2.05, 4.69) is 6.58 Å². The van der Waals surface area contributed by atoms with E-state index in [0.29, 0.717) is 19.8 Å². The molecule has 1 rings (SSSR count). The molecule has 88 valence electrons. The summed E-state index contributed by atoms with van der Waals surface area (Å²) in [6.45, 7) is 7.65. The van der Waals surface area contributed by atoms with Crippen LogP contribution in [0.1, 0.15) is 32.6 Å². The van der Waals surface area contributed by atoms with Crippen LogP contribution in [-0.4, -0.2) is 36.6 Å². The Morgan fingerprint density at radius 1 is 1.53 bits per heavy atom. The fourth-order valence-corrected chi connectivity index (χ4v) is 2.12. The Morgan fingerprint density at radius 3 is 2.73 bits per heavy atom. The number of allylic oxidation sites excluding steroid dienone is 1. The maximum atomic E-state index is 10.2. The van der Waals surface area contributed by atoms with Gasteiger partial charge in [0.2, 0.25) is 0 Å². The lowest BCUT2D eigenvalue weighted by Gasteiger charge is -2.40. The summed E-state index contributed by atoms with van der Waals surface area (Å²) in [6, 6.07) is 0. The van der Waals surface area contributed by atoms with Gasteiger partial charge in [-0.1, -0.05) is 6.08 Å². The Kier molecular flexibility index (Phi) is 5.29. The van der Waals surface area contributed by atoms with Gasteiger partial charge < -0.3 is 14.6 Å². The van der Waals surface area contributed by atoms with Crippen LogP contribution in [0.5, 0.6) is 0 Å². The minimum Gasteiger partial charge on any atom is -0.390 e. The fourth-order valence-electron chi connectivity index (χ4n) is 2.12. The minimum absolute atomic E-state index is 0.379. The van der Waals surface area contributed by atoms with Gasteiger partial charge in [0.05, 0.1) is 11.7 Å². The smallest absolute Gasteiger partial charge is 0.0983 e. The summed E-state index contributed by atoms with van der Waals surface area (Å²) < 4.78 is 11.1. The van der Waals surface area contributed by atoms with Gasteiger partial charge in [0.25, 0.3) is 0 Å². The Bertz CT molecular complexity index is 180. The van der Waals surface area contributed by atoms with Crippen molar-refractivity contribution in [3.05, 3.63) is 12.7 Å². The van der Waals surface area contributed by atoms with Crippen LogP contribution in [0, 0.1) is 0 Å². The first-order chi connectivity index (χ1) is 7.25. The van der Waals surface area contributed by atoms with E-state index in [1.807, 2.05) is 13.0 Å². The second-order valence-electron chi connectivity index (χ2n) is 3.99. The molecule has 0 saturated carbocycles. The average Bonchev–Trinajstić information content (AvgIpc) is 2.27. The molecule has 1 unspecified atom stereocenters. The van der Waals surface area contributed by atoms with E-state index in [1.54, 1.807) is 0 Å². The molecule has 0 aromatic rings. The van der Waals surface area contributed by atoms with Crippen molar-refractivity contribution in [2.75, 3.05) is 19.8 Å². The predicted octanol–water partition coefficient (Wildman–Crippen LogP) is 1.90. The van der Waals surface area contributed by atoms with Gasteiger partial charge in [-0.25, -0.2) is 0 Å². The highest BCUT2D eigenvalue weighted by molar-refractivity contribution is 4.91. The summed E-state index contributed by atoms with van der Waals surface area (Å²) >= 11 is 0. The van der Waals surface area contributed by atoms with Crippen LogP contribution >= 0.6 is 0 Å². The lowest BCUT2D eigenvalue weighted by atomic mass is 9.85. The minimum atomic E-state index is -0.403. The first kappa shape index (κ1) is 12.7. The lowest BCUT2D eigenvalue weighted by Crippen LogP contribution is -2.49. The van der Waals surface area contributed by atoms with Gasteiger partial charge >= 0.3 is 0 Å². The number of hydrogen-bond donors (Lipinski definition) is 1. The zero-order valence-electron chi connectivity index (χ0n) is 9.58. The molecular formula is C12H22O3. The average molecular weight is 214 g/mol. The summed E-state index contributed by atoms with van der Waals surface area (Å²) in [5.74, 6) is 0. The van der Waals surface area contributed by atoms with E-state index in [-0.39, 0.29) is 5.60 Å². The monoisotopic (exact) mass is 214 g/mol. The molecule has 0 bridgehead atoms. The largest absolute Gasteiger partial charge is 0.390 e. The summed E-state index contributed by atoms with van der Waals surface area (Å²) in [4.78, 5) is 0.